The summed E-state index contributed by atoms with van der Waals surface area (Å²) in [4.78, 5) is 45.9. The van der Waals surface area contributed by atoms with E-state index in [9.17, 15) is 23.6 Å². The number of Topliss-reactive ketones (excluding diaryl/α,β-unsaturated/α-hetero) is 1. The molecule has 1 aromatic carbocycles. The Morgan fingerprint density at radius 2 is 1.80 bits per heavy atom. The van der Waals surface area contributed by atoms with E-state index in [1.807, 2.05) is 0 Å². The van der Waals surface area contributed by atoms with Crippen molar-refractivity contribution < 1.29 is 28.7 Å². The highest BCUT2D eigenvalue weighted by molar-refractivity contribution is 5.90. The number of benzene rings is 1. The number of rotatable bonds is 9. The molecule has 0 radical (unpaired) electrons. The molecule has 0 aliphatic carbocycles. The first kappa shape index (κ1) is 20.3. The quantitative estimate of drug-likeness (QED) is 0.609. The van der Waals surface area contributed by atoms with Crippen LogP contribution in [0.3, 0.4) is 0 Å². The minimum Gasteiger partial charge on any atom is -0.480 e. The lowest BCUT2D eigenvalue weighted by Crippen LogP contribution is -2.52. The average molecular weight is 352 g/mol. The van der Waals surface area contributed by atoms with Crippen LogP contribution >= 0.6 is 0 Å². The molecular weight excluding hydrogens is 331 g/mol. The van der Waals surface area contributed by atoms with Gasteiger partial charge in [-0.3, -0.25) is 9.59 Å². The molecule has 0 aromatic heterocycles. The van der Waals surface area contributed by atoms with Crippen LogP contribution in [0.5, 0.6) is 0 Å². The van der Waals surface area contributed by atoms with Crippen LogP contribution in [0.1, 0.15) is 32.3 Å². The fourth-order valence-corrected chi connectivity index (χ4v) is 2.23. The van der Waals surface area contributed by atoms with Gasteiger partial charge in [0, 0.05) is 19.8 Å². The number of hydrogen-bond acceptors (Lipinski definition) is 4. The van der Waals surface area contributed by atoms with Crippen LogP contribution in [0, 0.1) is 5.82 Å². The third-order valence-electron chi connectivity index (χ3n) is 3.42. The minimum atomic E-state index is -1.28. The van der Waals surface area contributed by atoms with E-state index in [4.69, 9.17) is 5.11 Å². The Morgan fingerprint density at radius 1 is 1.12 bits per heavy atom. The first-order valence-electron chi connectivity index (χ1n) is 7.73. The Hall–Kier alpha value is -2.77. The summed E-state index contributed by atoms with van der Waals surface area (Å²) in [5.41, 5.74) is 0.476. The zero-order chi connectivity index (χ0) is 19.0. The van der Waals surface area contributed by atoms with Crippen molar-refractivity contribution in [1.29, 1.82) is 0 Å². The second kappa shape index (κ2) is 9.51. The normalized spacial score (nSPS) is 12.8. The molecule has 1 rings (SSSR count). The van der Waals surface area contributed by atoms with Crippen molar-refractivity contribution in [3.05, 3.63) is 35.6 Å². The Labute approximate surface area is 144 Å². The molecular formula is C17H21FN2O5. The van der Waals surface area contributed by atoms with Gasteiger partial charge in [0.05, 0.1) is 0 Å². The first-order chi connectivity index (χ1) is 11.7. The van der Waals surface area contributed by atoms with E-state index in [0.717, 1.165) is 0 Å². The molecule has 25 heavy (non-hydrogen) atoms. The monoisotopic (exact) mass is 352 g/mol. The van der Waals surface area contributed by atoms with E-state index >= 15 is 0 Å². The third kappa shape index (κ3) is 7.56. The molecule has 8 heteroatoms. The number of ketones is 1. The molecule has 0 saturated heterocycles. The maximum Gasteiger partial charge on any atom is 0.326 e. The lowest BCUT2D eigenvalue weighted by molar-refractivity contribution is -0.142. The number of amides is 2. The van der Waals surface area contributed by atoms with Crippen LogP contribution in [0.2, 0.25) is 0 Å². The minimum absolute atomic E-state index is 0.00220. The number of carboxylic acids is 1. The van der Waals surface area contributed by atoms with E-state index in [-0.39, 0.29) is 25.0 Å². The number of carbonyl (C=O) groups is 4. The maximum absolute atomic E-state index is 13.3. The van der Waals surface area contributed by atoms with E-state index in [1.165, 1.54) is 32.0 Å². The molecule has 0 fully saturated rings. The molecule has 0 bridgehead atoms. The van der Waals surface area contributed by atoms with E-state index in [1.54, 1.807) is 6.07 Å². The van der Waals surface area contributed by atoms with Crippen molar-refractivity contribution in [2.75, 3.05) is 0 Å². The Bertz CT molecular complexity index is 662. The maximum atomic E-state index is 13.3. The first-order valence-corrected chi connectivity index (χ1v) is 7.73. The average Bonchev–Trinajstić information content (AvgIpc) is 2.49. The molecule has 0 unspecified atom stereocenters. The van der Waals surface area contributed by atoms with E-state index < -0.39 is 35.7 Å². The van der Waals surface area contributed by atoms with Gasteiger partial charge in [-0.15, -0.1) is 0 Å². The highest BCUT2D eigenvalue weighted by Crippen LogP contribution is 2.08. The fraction of sp³-hybridized carbons (Fsp3) is 0.412. The van der Waals surface area contributed by atoms with Crippen LogP contribution in [0.4, 0.5) is 4.39 Å². The van der Waals surface area contributed by atoms with Crippen molar-refractivity contribution in [2.24, 2.45) is 0 Å². The SMILES string of the molecule is CC(=O)CC[C@@H](NC(=O)[C@H](Cc1cccc(F)c1)NC(C)=O)C(=O)O. The number of nitrogens with one attached hydrogen (secondary N) is 2. The highest BCUT2D eigenvalue weighted by Gasteiger charge is 2.26. The predicted molar refractivity (Wildman–Crippen MR) is 87.2 cm³/mol. The lowest BCUT2D eigenvalue weighted by atomic mass is 10.0. The number of halogens is 1. The van der Waals surface area contributed by atoms with Gasteiger partial charge in [0.2, 0.25) is 11.8 Å². The second-order valence-electron chi connectivity index (χ2n) is 5.73. The van der Waals surface area contributed by atoms with Crippen molar-refractivity contribution in [3.63, 3.8) is 0 Å². The molecule has 7 nitrogen and oxygen atoms in total. The summed E-state index contributed by atoms with van der Waals surface area (Å²) in [6, 6.07) is 3.24. The zero-order valence-corrected chi connectivity index (χ0v) is 14.0. The molecule has 2 amide bonds. The molecule has 1 aromatic rings. The Balaban J connectivity index is 2.85. The number of carbonyl (C=O) groups excluding carboxylic acids is 3. The summed E-state index contributed by atoms with van der Waals surface area (Å²) in [5.74, 6) is -3.15. The molecule has 3 N–H and O–H groups in total. The standard InChI is InChI=1S/C17H21FN2O5/c1-10(21)6-7-14(17(24)25)20-16(23)15(19-11(2)22)9-12-4-3-5-13(18)8-12/h3-5,8,14-15H,6-7,9H2,1-2H3,(H,19,22)(H,20,23)(H,24,25)/t14-,15+/m1/s1. The van der Waals surface area contributed by atoms with Crippen LogP contribution < -0.4 is 10.6 Å². The van der Waals surface area contributed by atoms with Crippen LogP contribution in [-0.4, -0.2) is 40.8 Å². The highest BCUT2D eigenvalue weighted by atomic mass is 19.1. The number of hydrogen-bond donors (Lipinski definition) is 3. The van der Waals surface area contributed by atoms with Gasteiger partial charge in [0.15, 0.2) is 0 Å². The van der Waals surface area contributed by atoms with Gasteiger partial charge in [0.1, 0.15) is 23.7 Å². The van der Waals surface area contributed by atoms with Gasteiger partial charge in [-0.25, -0.2) is 9.18 Å². The molecule has 0 aliphatic heterocycles. The summed E-state index contributed by atoms with van der Waals surface area (Å²) in [6.07, 6.45) is -0.0443. The van der Waals surface area contributed by atoms with Gasteiger partial charge in [-0.1, -0.05) is 12.1 Å². The fourth-order valence-electron chi connectivity index (χ4n) is 2.23. The van der Waals surface area contributed by atoms with Crippen molar-refractivity contribution in [3.8, 4) is 0 Å². The molecule has 0 saturated carbocycles. The number of aliphatic carboxylic acids is 1. The Morgan fingerprint density at radius 3 is 2.32 bits per heavy atom. The zero-order valence-electron chi connectivity index (χ0n) is 14.0. The summed E-state index contributed by atoms with van der Waals surface area (Å²) in [6.45, 7) is 2.54. The summed E-state index contributed by atoms with van der Waals surface area (Å²) < 4.78 is 13.3. The Kier molecular flexibility index (Phi) is 7.71. The molecule has 0 aliphatic rings. The van der Waals surface area contributed by atoms with Crippen molar-refractivity contribution in [1.82, 2.24) is 10.6 Å². The van der Waals surface area contributed by atoms with Gasteiger partial charge < -0.3 is 20.5 Å². The second-order valence-corrected chi connectivity index (χ2v) is 5.73. The molecule has 0 spiro atoms. The predicted octanol–water partition coefficient (Wildman–Crippen LogP) is 0.811. The van der Waals surface area contributed by atoms with Gasteiger partial charge in [-0.05, 0) is 31.0 Å². The van der Waals surface area contributed by atoms with E-state index in [2.05, 4.69) is 10.6 Å². The lowest BCUT2D eigenvalue weighted by Gasteiger charge is -2.21. The molecule has 136 valence electrons. The summed E-state index contributed by atoms with van der Waals surface area (Å²) in [7, 11) is 0. The van der Waals surface area contributed by atoms with E-state index in [0.29, 0.717) is 5.56 Å². The third-order valence-corrected chi connectivity index (χ3v) is 3.42. The van der Waals surface area contributed by atoms with Gasteiger partial charge in [-0.2, -0.15) is 0 Å². The summed E-state index contributed by atoms with van der Waals surface area (Å²) in [5, 5.41) is 13.9. The molecule has 0 heterocycles. The largest absolute Gasteiger partial charge is 0.480 e. The smallest absolute Gasteiger partial charge is 0.326 e. The van der Waals surface area contributed by atoms with Crippen LogP contribution in [0.15, 0.2) is 24.3 Å². The van der Waals surface area contributed by atoms with Crippen molar-refractivity contribution in [2.45, 2.75) is 45.2 Å². The topological polar surface area (TPSA) is 113 Å². The van der Waals surface area contributed by atoms with Crippen LogP contribution in [-0.2, 0) is 25.6 Å². The van der Waals surface area contributed by atoms with Gasteiger partial charge in [0.25, 0.3) is 0 Å². The van der Waals surface area contributed by atoms with Crippen LogP contribution in [0.25, 0.3) is 0 Å². The van der Waals surface area contributed by atoms with Gasteiger partial charge >= 0.3 is 5.97 Å². The summed E-state index contributed by atoms with van der Waals surface area (Å²) >= 11 is 0. The number of carboxylic acid groups (broad SMARTS) is 1. The molecule has 2 atom stereocenters. The van der Waals surface area contributed by atoms with Crippen molar-refractivity contribution >= 4 is 23.6 Å².